The predicted octanol–water partition coefficient (Wildman–Crippen LogP) is 7.12. The van der Waals surface area contributed by atoms with Gasteiger partial charge in [-0.2, -0.15) is 0 Å². The lowest BCUT2D eigenvalue weighted by atomic mass is 9.79. The van der Waals surface area contributed by atoms with Gasteiger partial charge in [0.25, 0.3) is 0 Å². The molecule has 3 nitrogen and oxygen atoms in total. The number of halogens is 1. The van der Waals surface area contributed by atoms with Gasteiger partial charge in [0.05, 0.1) is 26.5 Å². The smallest absolute Gasteiger partial charge is 0.203 e. The molecule has 0 N–H and O–H groups in total. The minimum atomic E-state index is -0.555. The number of hydrogen-bond acceptors (Lipinski definition) is 3. The zero-order chi connectivity index (χ0) is 22.6. The molecule has 0 heterocycles. The van der Waals surface area contributed by atoms with Crippen molar-refractivity contribution in [2.24, 2.45) is 0 Å². The van der Waals surface area contributed by atoms with Crippen LogP contribution in [0.3, 0.4) is 0 Å². The molecule has 5 heteroatoms. The topological polar surface area (TPSA) is 27.7 Å². The monoisotopic (exact) mass is 522 g/mol. The molecule has 4 aromatic carbocycles. The van der Waals surface area contributed by atoms with E-state index in [1.54, 1.807) is 21.3 Å². The van der Waals surface area contributed by atoms with Crippen LogP contribution in [0.5, 0.6) is 17.2 Å². The molecule has 0 aliphatic heterocycles. The zero-order valence-electron chi connectivity index (χ0n) is 18.9. The molecular formula is C28H28BrO3P. The van der Waals surface area contributed by atoms with Crippen molar-refractivity contribution in [3.63, 3.8) is 0 Å². The standard InChI is InChI=1S/C28H27O3P.BrH/c1-29-24-19-23(25(20-13-7-4-8-14-20)27(31-3)26(24)30-2)28(32,21-15-9-5-10-16-21)22-17-11-6-12-18-22;/h4-19H,32H2,1-3H3;1H. The van der Waals surface area contributed by atoms with Gasteiger partial charge in [0.15, 0.2) is 11.5 Å². The van der Waals surface area contributed by atoms with Crippen LogP contribution in [-0.4, -0.2) is 21.3 Å². The Hall–Kier alpha value is -2.81. The van der Waals surface area contributed by atoms with E-state index in [4.69, 9.17) is 14.2 Å². The van der Waals surface area contributed by atoms with Crippen LogP contribution in [0.15, 0.2) is 97.1 Å². The van der Waals surface area contributed by atoms with Crippen LogP contribution in [0.1, 0.15) is 16.7 Å². The van der Waals surface area contributed by atoms with Gasteiger partial charge in [-0.1, -0.05) is 91.0 Å². The molecular weight excluding hydrogens is 495 g/mol. The summed E-state index contributed by atoms with van der Waals surface area (Å²) in [5.74, 6) is 1.84. The summed E-state index contributed by atoms with van der Waals surface area (Å²) in [5.41, 5.74) is 5.33. The first-order chi connectivity index (χ1) is 15.6. The van der Waals surface area contributed by atoms with Crippen LogP contribution >= 0.6 is 26.2 Å². The van der Waals surface area contributed by atoms with E-state index in [0.717, 1.165) is 27.8 Å². The highest BCUT2D eigenvalue weighted by Gasteiger charge is 2.37. The third kappa shape index (κ3) is 4.51. The second kappa shape index (κ2) is 10.9. The summed E-state index contributed by atoms with van der Waals surface area (Å²) in [7, 11) is 8.07. The Morgan fingerprint density at radius 3 is 1.48 bits per heavy atom. The molecule has 0 saturated carbocycles. The molecule has 0 bridgehead atoms. The lowest BCUT2D eigenvalue weighted by Crippen LogP contribution is -2.23. The molecule has 4 rings (SSSR count). The van der Waals surface area contributed by atoms with Crippen molar-refractivity contribution >= 4 is 26.2 Å². The van der Waals surface area contributed by atoms with Crippen molar-refractivity contribution in [3.8, 4) is 28.4 Å². The first kappa shape index (κ1) is 24.8. The van der Waals surface area contributed by atoms with Crippen LogP contribution in [0.25, 0.3) is 11.1 Å². The van der Waals surface area contributed by atoms with E-state index in [2.05, 4.69) is 76.0 Å². The van der Waals surface area contributed by atoms with E-state index in [1.165, 1.54) is 0 Å². The van der Waals surface area contributed by atoms with Gasteiger partial charge >= 0.3 is 0 Å². The quantitative estimate of drug-likeness (QED) is 0.191. The van der Waals surface area contributed by atoms with Crippen molar-refractivity contribution < 1.29 is 14.2 Å². The first-order valence-corrected chi connectivity index (χ1v) is 11.0. The number of hydrogen-bond donors (Lipinski definition) is 0. The number of benzene rings is 4. The van der Waals surface area contributed by atoms with Crippen molar-refractivity contribution in [2.75, 3.05) is 21.3 Å². The molecule has 170 valence electrons. The maximum absolute atomic E-state index is 5.96. The largest absolute Gasteiger partial charge is 0.493 e. The number of rotatable bonds is 7. The van der Waals surface area contributed by atoms with E-state index < -0.39 is 5.16 Å². The van der Waals surface area contributed by atoms with Gasteiger partial charge in [0.1, 0.15) is 0 Å². The van der Waals surface area contributed by atoms with Crippen LogP contribution in [0, 0.1) is 0 Å². The molecule has 0 aliphatic rings. The van der Waals surface area contributed by atoms with E-state index in [0.29, 0.717) is 17.2 Å². The second-order valence-corrected chi connectivity index (χ2v) is 8.34. The molecule has 0 amide bonds. The molecule has 0 saturated heterocycles. The Balaban J connectivity index is 0.00000306. The zero-order valence-corrected chi connectivity index (χ0v) is 21.8. The van der Waals surface area contributed by atoms with Crippen LogP contribution in [0.4, 0.5) is 0 Å². The Morgan fingerprint density at radius 2 is 1.06 bits per heavy atom. The van der Waals surface area contributed by atoms with Crippen molar-refractivity contribution in [3.05, 3.63) is 114 Å². The maximum Gasteiger partial charge on any atom is 0.203 e. The van der Waals surface area contributed by atoms with E-state index in [1.807, 2.05) is 30.3 Å². The average Bonchev–Trinajstić information content (AvgIpc) is 2.88. The van der Waals surface area contributed by atoms with Gasteiger partial charge in [0, 0.05) is 5.56 Å². The normalized spacial score (nSPS) is 10.8. The summed E-state index contributed by atoms with van der Waals surface area (Å²) in [6.07, 6.45) is 0. The van der Waals surface area contributed by atoms with Crippen molar-refractivity contribution in [1.82, 2.24) is 0 Å². The number of ether oxygens (including phenoxy) is 3. The minimum absolute atomic E-state index is 0. The lowest BCUT2D eigenvalue weighted by Gasteiger charge is -2.35. The molecule has 0 radical (unpaired) electrons. The molecule has 33 heavy (non-hydrogen) atoms. The van der Waals surface area contributed by atoms with Crippen LogP contribution in [0.2, 0.25) is 0 Å². The first-order valence-electron chi connectivity index (χ1n) is 10.4. The second-order valence-electron chi connectivity index (χ2n) is 7.47. The molecule has 0 spiro atoms. The fourth-order valence-corrected chi connectivity index (χ4v) is 4.85. The summed E-state index contributed by atoms with van der Waals surface area (Å²) in [4.78, 5) is 0. The molecule has 4 aromatic rings. The molecule has 1 atom stereocenters. The predicted molar refractivity (Wildman–Crippen MR) is 144 cm³/mol. The Kier molecular flexibility index (Phi) is 8.18. The maximum atomic E-state index is 5.96. The molecule has 0 fully saturated rings. The average molecular weight is 523 g/mol. The van der Waals surface area contributed by atoms with Crippen LogP contribution < -0.4 is 14.2 Å². The third-order valence-electron chi connectivity index (χ3n) is 5.78. The number of methoxy groups -OCH3 is 3. The van der Waals surface area contributed by atoms with Crippen molar-refractivity contribution in [2.45, 2.75) is 5.16 Å². The SMILES string of the molecule is Br.COc1cc(C(P)(c2ccccc2)c2ccccc2)c(-c2ccccc2)c(OC)c1OC. The highest BCUT2D eigenvalue weighted by atomic mass is 79.9. The lowest BCUT2D eigenvalue weighted by molar-refractivity contribution is 0.324. The summed E-state index contributed by atoms with van der Waals surface area (Å²) in [6.45, 7) is 0. The third-order valence-corrected chi connectivity index (χ3v) is 6.75. The van der Waals surface area contributed by atoms with E-state index in [9.17, 15) is 0 Å². The van der Waals surface area contributed by atoms with Gasteiger partial charge < -0.3 is 14.2 Å². The van der Waals surface area contributed by atoms with Crippen LogP contribution in [-0.2, 0) is 5.16 Å². The summed E-state index contributed by atoms with van der Waals surface area (Å²) in [6, 6.07) is 33.3. The highest BCUT2D eigenvalue weighted by molar-refractivity contribution is 8.93. The highest BCUT2D eigenvalue weighted by Crippen LogP contribution is 2.55. The Bertz CT molecular complexity index is 1140. The van der Waals surface area contributed by atoms with Gasteiger partial charge in [-0.05, 0) is 28.3 Å². The minimum Gasteiger partial charge on any atom is -0.493 e. The van der Waals surface area contributed by atoms with E-state index >= 15 is 0 Å². The van der Waals surface area contributed by atoms with Crippen molar-refractivity contribution in [1.29, 1.82) is 0 Å². The summed E-state index contributed by atoms with van der Waals surface area (Å²) >= 11 is 0. The Labute approximate surface area is 208 Å². The summed E-state index contributed by atoms with van der Waals surface area (Å²) in [5, 5.41) is -0.555. The fourth-order valence-electron chi connectivity index (χ4n) is 4.24. The molecule has 0 aromatic heterocycles. The summed E-state index contributed by atoms with van der Waals surface area (Å²) < 4.78 is 17.5. The van der Waals surface area contributed by atoms with E-state index in [-0.39, 0.29) is 17.0 Å². The van der Waals surface area contributed by atoms with Gasteiger partial charge in [0.2, 0.25) is 5.75 Å². The fraction of sp³-hybridized carbons (Fsp3) is 0.143. The van der Waals surface area contributed by atoms with Gasteiger partial charge in [-0.3, -0.25) is 0 Å². The molecule has 1 unspecified atom stereocenters. The van der Waals surface area contributed by atoms with Gasteiger partial charge in [-0.15, -0.1) is 26.2 Å². The molecule has 0 aliphatic carbocycles. The Morgan fingerprint density at radius 1 is 0.606 bits per heavy atom. The van der Waals surface area contributed by atoms with Gasteiger partial charge in [-0.25, -0.2) is 0 Å².